The zero-order valence-electron chi connectivity index (χ0n) is 16.7. The molecule has 162 valence electrons. The van der Waals surface area contributed by atoms with Crippen LogP contribution in [0.25, 0.3) is 16.9 Å². The van der Waals surface area contributed by atoms with Crippen molar-refractivity contribution in [3.63, 3.8) is 0 Å². The number of anilines is 1. The Morgan fingerprint density at radius 3 is 2.53 bits per heavy atom. The van der Waals surface area contributed by atoms with Crippen molar-refractivity contribution >= 4 is 23.2 Å². The molecule has 0 saturated heterocycles. The number of hydrogen-bond acceptors (Lipinski definition) is 5. The summed E-state index contributed by atoms with van der Waals surface area (Å²) in [6.07, 6.45) is 6.43. The van der Waals surface area contributed by atoms with Crippen LogP contribution in [0.2, 0.25) is 0 Å². The van der Waals surface area contributed by atoms with Gasteiger partial charge in [-0.25, -0.2) is 9.67 Å². The summed E-state index contributed by atoms with van der Waals surface area (Å²) >= 11 is 4.75. The first kappa shape index (κ1) is 21.4. The van der Waals surface area contributed by atoms with Crippen molar-refractivity contribution in [2.75, 3.05) is 5.32 Å². The number of alkyl halides is 3. The van der Waals surface area contributed by atoms with Crippen LogP contribution < -0.4 is 10.1 Å². The minimum atomic E-state index is -3.81. The number of ether oxygens (including phenoxy) is 1. The van der Waals surface area contributed by atoms with E-state index in [4.69, 9.17) is 11.6 Å². The Labute approximate surface area is 186 Å². The molecule has 1 N–H and O–H groups in total. The van der Waals surface area contributed by atoms with Gasteiger partial charge in [-0.05, 0) is 49.4 Å². The number of amides is 1. The first-order chi connectivity index (χ1) is 15.3. The summed E-state index contributed by atoms with van der Waals surface area (Å²) in [6.45, 7) is 1.90. The van der Waals surface area contributed by atoms with Crippen molar-refractivity contribution in [2.24, 2.45) is 0 Å². The van der Waals surface area contributed by atoms with Crippen molar-refractivity contribution in [1.82, 2.24) is 19.7 Å². The van der Waals surface area contributed by atoms with Crippen LogP contribution in [0.3, 0.4) is 0 Å². The fourth-order valence-corrected chi connectivity index (χ4v) is 3.11. The SMILES string of the molecule is Cc1ccnn1-c1ncc(C(=O)Nc2ccc(OC(F)(F)Cl)cc2)cc1-c1cccnc1. The molecule has 7 nitrogen and oxygen atoms in total. The molecule has 0 aliphatic carbocycles. The molecule has 0 bridgehead atoms. The third kappa shape index (κ3) is 4.89. The second-order valence-electron chi connectivity index (χ2n) is 6.75. The molecule has 0 fully saturated rings. The highest BCUT2D eigenvalue weighted by molar-refractivity contribution is 6.20. The van der Waals surface area contributed by atoms with E-state index in [1.54, 1.807) is 35.4 Å². The molecule has 1 aromatic carbocycles. The minimum Gasteiger partial charge on any atom is -0.420 e. The lowest BCUT2D eigenvalue weighted by molar-refractivity contribution is -0.0964. The van der Waals surface area contributed by atoms with Gasteiger partial charge in [-0.3, -0.25) is 9.78 Å². The van der Waals surface area contributed by atoms with Crippen molar-refractivity contribution in [2.45, 2.75) is 12.5 Å². The van der Waals surface area contributed by atoms with Gasteiger partial charge in [0.2, 0.25) is 0 Å². The van der Waals surface area contributed by atoms with Gasteiger partial charge in [-0.15, -0.1) is 8.78 Å². The number of aromatic nitrogens is 4. The number of carbonyl (C=O) groups is 1. The zero-order valence-corrected chi connectivity index (χ0v) is 17.4. The third-order valence-electron chi connectivity index (χ3n) is 4.48. The lowest BCUT2D eigenvalue weighted by Crippen LogP contribution is -2.16. The maximum atomic E-state index is 12.8. The number of hydrogen-bond donors (Lipinski definition) is 1. The normalized spacial score (nSPS) is 11.2. The summed E-state index contributed by atoms with van der Waals surface area (Å²) in [4.78, 5) is 21.4. The predicted octanol–water partition coefficient (Wildman–Crippen LogP) is 5.06. The van der Waals surface area contributed by atoms with E-state index in [1.807, 2.05) is 19.1 Å². The third-order valence-corrected chi connectivity index (χ3v) is 4.56. The molecule has 3 heterocycles. The molecule has 10 heteroatoms. The molecule has 0 radical (unpaired) electrons. The molecule has 0 aliphatic heterocycles. The van der Waals surface area contributed by atoms with Gasteiger partial charge in [0.1, 0.15) is 5.75 Å². The molecule has 3 aromatic heterocycles. The number of nitrogens with zero attached hydrogens (tertiary/aromatic N) is 4. The van der Waals surface area contributed by atoms with Crippen LogP contribution in [-0.2, 0) is 0 Å². The van der Waals surface area contributed by atoms with Gasteiger partial charge in [0.05, 0.1) is 5.56 Å². The molecule has 4 rings (SSSR count). The quantitative estimate of drug-likeness (QED) is 0.411. The van der Waals surface area contributed by atoms with Crippen LogP contribution in [0, 0.1) is 6.92 Å². The Kier molecular flexibility index (Phi) is 5.83. The standard InChI is InChI=1S/C22H16ClF2N5O2/c1-14-8-10-28-30(14)20-19(15-3-2-9-26-12-15)11-16(13-27-20)21(31)29-17-4-6-18(7-5-17)32-22(23,24)25/h2-13H,1H3,(H,29,31). The molecular formula is C22H16ClF2N5O2. The van der Waals surface area contributed by atoms with E-state index in [9.17, 15) is 13.6 Å². The van der Waals surface area contributed by atoms with Gasteiger partial charge >= 0.3 is 5.57 Å². The average Bonchev–Trinajstić information content (AvgIpc) is 3.20. The van der Waals surface area contributed by atoms with Gasteiger partial charge in [-0.2, -0.15) is 5.10 Å². The number of halogens is 3. The predicted molar refractivity (Wildman–Crippen MR) is 115 cm³/mol. The Balaban J connectivity index is 1.63. The van der Waals surface area contributed by atoms with E-state index in [-0.39, 0.29) is 5.75 Å². The summed E-state index contributed by atoms with van der Waals surface area (Å²) in [5.41, 5.74) is -0.813. The lowest BCUT2D eigenvalue weighted by Gasteiger charge is -2.13. The highest BCUT2D eigenvalue weighted by Gasteiger charge is 2.27. The maximum Gasteiger partial charge on any atom is 0.487 e. The van der Waals surface area contributed by atoms with E-state index in [1.165, 1.54) is 30.5 Å². The molecule has 1 amide bonds. The summed E-state index contributed by atoms with van der Waals surface area (Å²) in [5, 5.41) is 7.01. The first-order valence-electron chi connectivity index (χ1n) is 9.39. The van der Waals surface area contributed by atoms with E-state index in [2.05, 4.69) is 25.1 Å². The Bertz CT molecular complexity index is 1240. The fraction of sp³-hybridized carbons (Fsp3) is 0.0909. The summed E-state index contributed by atoms with van der Waals surface area (Å²) in [6, 6.07) is 12.6. The van der Waals surface area contributed by atoms with E-state index >= 15 is 0 Å². The Morgan fingerprint density at radius 1 is 1.12 bits per heavy atom. The van der Waals surface area contributed by atoms with Gasteiger partial charge in [0.25, 0.3) is 5.91 Å². The molecule has 0 aliphatic rings. The molecule has 0 unspecified atom stereocenters. The second kappa shape index (κ2) is 8.72. The van der Waals surface area contributed by atoms with Gasteiger partial charge < -0.3 is 10.1 Å². The second-order valence-corrected chi connectivity index (χ2v) is 7.19. The number of nitrogens with one attached hydrogen (secondary N) is 1. The zero-order chi connectivity index (χ0) is 22.7. The topological polar surface area (TPSA) is 81.9 Å². The summed E-state index contributed by atoms with van der Waals surface area (Å²) < 4.78 is 31.4. The lowest BCUT2D eigenvalue weighted by atomic mass is 10.1. The number of carbonyl (C=O) groups excluding carboxylic acids is 1. The van der Waals surface area contributed by atoms with Crippen LogP contribution in [0.5, 0.6) is 5.75 Å². The van der Waals surface area contributed by atoms with Gasteiger partial charge in [0, 0.05) is 58.9 Å². The van der Waals surface area contributed by atoms with Crippen molar-refractivity contribution < 1.29 is 18.3 Å². The van der Waals surface area contributed by atoms with Crippen LogP contribution in [0.4, 0.5) is 14.5 Å². The van der Waals surface area contributed by atoms with Crippen LogP contribution in [0.15, 0.2) is 73.3 Å². The van der Waals surface area contributed by atoms with E-state index in [0.717, 1.165) is 11.3 Å². The molecule has 0 spiro atoms. The van der Waals surface area contributed by atoms with E-state index in [0.29, 0.717) is 22.6 Å². The molecular weight excluding hydrogens is 440 g/mol. The Morgan fingerprint density at radius 2 is 1.91 bits per heavy atom. The molecule has 0 saturated carbocycles. The fourth-order valence-electron chi connectivity index (χ4n) is 3.02. The van der Waals surface area contributed by atoms with E-state index < -0.39 is 11.5 Å². The molecule has 4 aromatic rings. The summed E-state index contributed by atoms with van der Waals surface area (Å²) in [7, 11) is 0. The van der Waals surface area contributed by atoms with Crippen LogP contribution >= 0.6 is 11.6 Å². The van der Waals surface area contributed by atoms with Crippen molar-refractivity contribution in [3.8, 4) is 22.7 Å². The largest absolute Gasteiger partial charge is 0.487 e. The highest BCUT2D eigenvalue weighted by atomic mass is 35.5. The maximum absolute atomic E-state index is 12.8. The number of benzene rings is 1. The smallest absolute Gasteiger partial charge is 0.420 e. The van der Waals surface area contributed by atoms with Crippen molar-refractivity contribution in [3.05, 3.63) is 84.6 Å². The van der Waals surface area contributed by atoms with Crippen molar-refractivity contribution in [1.29, 1.82) is 0 Å². The first-order valence-corrected chi connectivity index (χ1v) is 9.76. The average molecular weight is 456 g/mol. The minimum absolute atomic E-state index is 0.137. The molecule has 0 atom stereocenters. The molecule has 32 heavy (non-hydrogen) atoms. The number of pyridine rings is 2. The highest BCUT2D eigenvalue weighted by Crippen LogP contribution is 2.28. The monoisotopic (exact) mass is 455 g/mol. The number of aryl methyl sites for hydroxylation is 1. The van der Waals surface area contributed by atoms with Crippen LogP contribution in [-0.4, -0.2) is 31.2 Å². The number of rotatable bonds is 6. The Hall–Kier alpha value is -3.85. The van der Waals surface area contributed by atoms with Gasteiger partial charge in [-0.1, -0.05) is 6.07 Å². The van der Waals surface area contributed by atoms with Crippen LogP contribution in [0.1, 0.15) is 16.1 Å². The van der Waals surface area contributed by atoms with Gasteiger partial charge in [0.15, 0.2) is 5.82 Å². The summed E-state index contributed by atoms with van der Waals surface area (Å²) in [5.74, 6) is -0.00857.